The number of fused-ring (bicyclic) bond motifs is 1. The van der Waals surface area contributed by atoms with Crippen LogP contribution in [-0.2, 0) is 13.0 Å². The summed E-state index contributed by atoms with van der Waals surface area (Å²) in [6, 6.07) is 10.2. The maximum Gasteiger partial charge on any atom is 0.322 e. The molecule has 1 fully saturated rings. The number of hydrogen-bond donors (Lipinski definition) is 1. The van der Waals surface area contributed by atoms with Gasteiger partial charge in [-0.2, -0.15) is 0 Å². The van der Waals surface area contributed by atoms with E-state index < -0.39 is 0 Å². The zero-order chi connectivity index (χ0) is 14.9. The van der Waals surface area contributed by atoms with Gasteiger partial charge in [-0.3, -0.25) is 9.88 Å². The Morgan fingerprint density at radius 2 is 2.18 bits per heavy atom. The van der Waals surface area contributed by atoms with Crippen molar-refractivity contribution >= 4 is 11.7 Å². The second kappa shape index (κ2) is 5.44. The summed E-state index contributed by atoms with van der Waals surface area (Å²) in [4.78, 5) is 18.4. The lowest BCUT2D eigenvalue weighted by molar-refractivity contribution is 0.246. The molecule has 0 unspecified atom stereocenters. The van der Waals surface area contributed by atoms with Crippen molar-refractivity contribution in [2.24, 2.45) is 0 Å². The first-order valence-electron chi connectivity index (χ1n) is 7.89. The minimum Gasteiger partial charge on any atom is -0.334 e. The monoisotopic (exact) mass is 293 g/mol. The highest BCUT2D eigenvalue weighted by Gasteiger charge is 2.32. The van der Waals surface area contributed by atoms with Crippen LogP contribution in [0.25, 0.3) is 0 Å². The van der Waals surface area contributed by atoms with Crippen LogP contribution in [-0.4, -0.2) is 17.6 Å². The molecule has 22 heavy (non-hydrogen) atoms. The van der Waals surface area contributed by atoms with Gasteiger partial charge in [-0.25, -0.2) is 4.79 Å². The van der Waals surface area contributed by atoms with E-state index in [2.05, 4.69) is 28.5 Å². The molecule has 1 aliphatic carbocycles. The summed E-state index contributed by atoms with van der Waals surface area (Å²) in [5.74, 6) is 0.730. The van der Waals surface area contributed by atoms with Crippen molar-refractivity contribution < 1.29 is 4.79 Å². The lowest BCUT2D eigenvalue weighted by Crippen LogP contribution is -2.38. The van der Waals surface area contributed by atoms with Crippen LogP contribution in [0.5, 0.6) is 0 Å². The number of nitrogens with zero attached hydrogens (tertiary/aromatic N) is 2. The largest absolute Gasteiger partial charge is 0.334 e. The van der Waals surface area contributed by atoms with E-state index in [1.165, 1.54) is 24.0 Å². The highest BCUT2D eigenvalue weighted by molar-refractivity contribution is 5.94. The number of hydrogen-bond acceptors (Lipinski definition) is 2. The topological polar surface area (TPSA) is 45.2 Å². The molecular formula is C18H19N3O. The molecule has 0 atom stereocenters. The maximum atomic E-state index is 12.5. The minimum atomic E-state index is -0.0180. The number of carbonyl (C=O) groups is 1. The first kappa shape index (κ1) is 13.3. The molecule has 0 saturated heterocycles. The Kier molecular flexibility index (Phi) is 3.29. The van der Waals surface area contributed by atoms with Gasteiger partial charge in [0, 0.05) is 31.2 Å². The zero-order valence-electron chi connectivity index (χ0n) is 12.5. The van der Waals surface area contributed by atoms with Crippen LogP contribution in [0, 0.1) is 0 Å². The van der Waals surface area contributed by atoms with E-state index in [9.17, 15) is 4.79 Å². The molecule has 4 heteroatoms. The Labute approximate surface area is 130 Å². The summed E-state index contributed by atoms with van der Waals surface area (Å²) >= 11 is 0. The van der Waals surface area contributed by atoms with E-state index in [0.29, 0.717) is 6.54 Å². The highest BCUT2D eigenvalue weighted by Crippen LogP contribution is 2.45. The smallest absolute Gasteiger partial charge is 0.322 e. The van der Waals surface area contributed by atoms with E-state index in [1.54, 1.807) is 12.4 Å². The van der Waals surface area contributed by atoms with Crippen molar-refractivity contribution in [1.29, 1.82) is 0 Å². The van der Waals surface area contributed by atoms with Crippen LogP contribution in [0.15, 0.2) is 42.7 Å². The summed E-state index contributed by atoms with van der Waals surface area (Å²) in [6.45, 7) is 1.29. The van der Waals surface area contributed by atoms with Crippen LogP contribution in [0.4, 0.5) is 10.5 Å². The van der Waals surface area contributed by atoms with E-state index in [1.807, 2.05) is 17.0 Å². The molecule has 1 saturated carbocycles. The molecule has 2 heterocycles. The van der Waals surface area contributed by atoms with Crippen LogP contribution in [0.2, 0.25) is 0 Å². The summed E-state index contributed by atoms with van der Waals surface area (Å²) in [6.07, 6.45) is 7.08. The van der Waals surface area contributed by atoms with Gasteiger partial charge in [0.15, 0.2) is 0 Å². The molecule has 0 radical (unpaired) electrons. The third kappa shape index (κ3) is 2.45. The average Bonchev–Trinajstić information content (AvgIpc) is 3.32. The van der Waals surface area contributed by atoms with Gasteiger partial charge < -0.3 is 5.32 Å². The molecule has 0 bridgehead atoms. The van der Waals surface area contributed by atoms with E-state index in [-0.39, 0.29) is 6.03 Å². The van der Waals surface area contributed by atoms with Gasteiger partial charge in [-0.05, 0) is 54.0 Å². The molecule has 2 aliphatic rings. The predicted molar refractivity (Wildman–Crippen MR) is 85.9 cm³/mol. The van der Waals surface area contributed by atoms with Crippen molar-refractivity contribution in [1.82, 2.24) is 10.3 Å². The van der Waals surface area contributed by atoms with Gasteiger partial charge in [0.2, 0.25) is 0 Å². The standard InChI is InChI=1S/C18H19N3O/c22-18(20-12-13-3-2-9-19-11-13)21-10-8-16-15(14-6-7-14)4-1-5-17(16)21/h1-5,9,11,14H,6-8,10,12H2,(H,20,22). The molecule has 4 rings (SSSR count). The number of pyridine rings is 1. The number of nitrogens with one attached hydrogen (secondary N) is 1. The lowest BCUT2D eigenvalue weighted by Gasteiger charge is -2.18. The molecule has 2 aromatic rings. The van der Waals surface area contributed by atoms with Gasteiger partial charge in [-0.15, -0.1) is 0 Å². The Morgan fingerprint density at radius 3 is 2.95 bits per heavy atom. The molecule has 1 aromatic carbocycles. The van der Waals surface area contributed by atoms with Gasteiger partial charge in [0.1, 0.15) is 0 Å². The van der Waals surface area contributed by atoms with Gasteiger partial charge >= 0.3 is 6.03 Å². The average molecular weight is 293 g/mol. The van der Waals surface area contributed by atoms with E-state index in [0.717, 1.165) is 30.1 Å². The SMILES string of the molecule is O=C(NCc1cccnc1)N1CCc2c(C3CC3)cccc21. The number of rotatable bonds is 3. The summed E-state index contributed by atoms with van der Waals surface area (Å²) in [5, 5.41) is 2.99. The minimum absolute atomic E-state index is 0.0180. The number of benzene rings is 1. The third-order valence-electron chi connectivity index (χ3n) is 4.49. The first-order valence-corrected chi connectivity index (χ1v) is 7.89. The molecule has 0 spiro atoms. The number of carbonyl (C=O) groups excluding carboxylic acids is 1. The number of urea groups is 1. The van der Waals surface area contributed by atoms with Crippen LogP contribution in [0.1, 0.15) is 35.4 Å². The molecule has 4 nitrogen and oxygen atoms in total. The summed E-state index contributed by atoms with van der Waals surface area (Å²) < 4.78 is 0. The van der Waals surface area contributed by atoms with Gasteiger partial charge in [-0.1, -0.05) is 18.2 Å². The Hall–Kier alpha value is -2.36. The van der Waals surface area contributed by atoms with E-state index >= 15 is 0 Å². The van der Waals surface area contributed by atoms with Crippen molar-refractivity contribution in [2.45, 2.75) is 31.7 Å². The summed E-state index contributed by atoms with van der Waals surface area (Å²) in [5.41, 5.74) is 4.94. The number of amides is 2. The fourth-order valence-electron chi connectivity index (χ4n) is 3.22. The molecular weight excluding hydrogens is 274 g/mol. The first-order chi connectivity index (χ1) is 10.8. The lowest BCUT2D eigenvalue weighted by atomic mass is 10.0. The van der Waals surface area contributed by atoms with Crippen molar-refractivity contribution in [3.8, 4) is 0 Å². The fraction of sp³-hybridized carbons (Fsp3) is 0.333. The maximum absolute atomic E-state index is 12.5. The second-order valence-electron chi connectivity index (χ2n) is 6.04. The van der Waals surface area contributed by atoms with Crippen molar-refractivity contribution in [3.05, 3.63) is 59.4 Å². The quantitative estimate of drug-likeness (QED) is 0.944. The summed E-state index contributed by atoms with van der Waals surface area (Å²) in [7, 11) is 0. The number of aromatic nitrogens is 1. The molecule has 1 aliphatic heterocycles. The zero-order valence-corrected chi connectivity index (χ0v) is 12.5. The normalized spacial score (nSPS) is 16.5. The van der Waals surface area contributed by atoms with Gasteiger partial charge in [0.25, 0.3) is 0 Å². The second-order valence-corrected chi connectivity index (χ2v) is 6.04. The van der Waals surface area contributed by atoms with E-state index in [4.69, 9.17) is 0 Å². The predicted octanol–water partition coefficient (Wildman–Crippen LogP) is 3.23. The molecule has 1 aromatic heterocycles. The van der Waals surface area contributed by atoms with Crippen LogP contribution < -0.4 is 10.2 Å². The van der Waals surface area contributed by atoms with Crippen LogP contribution in [0.3, 0.4) is 0 Å². The third-order valence-corrected chi connectivity index (χ3v) is 4.49. The Balaban J connectivity index is 1.49. The Bertz CT molecular complexity index is 695. The highest BCUT2D eigenvalue weighted by atomic mass is 16.2. The van der Waals surface area contributed by atoms with Crippen molar-refractivity contribution in [3.63, 3.8) is 0 Å². The Morgan fingerprint density at radius 1 is 1.27 bits per heavy atom. The molecule has 2 amide bonds. The number of anilines is 1. The molecule has 112 valence electrons. The molecule has 1 N–H and O–H groups in total. The fourth-order valence-corrected chi connectivity index (χ4v) is 3.22. The van der Waals surface area contributed by atoms with Crippen molar-refractivity contribution in [2.75, 3.05) is 11.4 Å². The van der Waals surface area contributed by atoms with Crippen LogP contribution >= 0.6 is 0 Å². The van der Waals surface area contributed by atoms with Gasteiger partial charge in [0.05, 0.1) is 0 Å².